The maximum atomic E-state index is 11.5. The summed E-state index contributed by atoms with van der Waals surface area (Å²) in [4.78, 5) is 11.5. The Bertz CT molecular complexity index is 1060. The van der Waals surface area contributed by atoms with Crippen molar-refractivity contribution >= 4 is 16.9 Å². The van der Waals surface area contributed by atoms with Gasteiger partial charge in [0.15, 0.2) is 0 Å². The van der Waals surface area contributed by atoms with Crippen LogP contribution in [0.2, 0.25) is 0 Å². The van der Waals surface area contributed by atoms with E-state index in [1.54, 1.807) is 6.92 Å². The van der Waals surface area contributed by atoms with Crippen LogP contribution in [0.5, 0.6) is 0 Å². The van der Waals surface area contributed by atoms with Crippen LogP contribution in [0.4, 0.5) is 0 Å². The van der Waals surface area contributed by atoms with Crippen LogP contribution in [0.15, 0.2) is 46.9 Å². The summed E-state index contributed by atoms with van der Waals surface area (Å²) in [5, 5.41) is 10.5. The molecule has 0 amide bonds. The Labute approximate surface area is 152 Å². The van der Waals surface area contributed by atoms with Gasteiger partial charge < -0.3 is 9.52 Å². The normalized spacial score (nSPS) is 18.8. The number of carboxylic acids is 1. The molecule has 1 N–H and O–H groups in total. The van der Waals surface area contributed by atoms with Gasteiger partial charge in [0.05, 0.1) is 5.41 Å². The smallest absolute Gasteiger partial charge is 0.309 e. The first kappa shape index (κ1) is 16.5. The van der Waals surface area contributed by atoms with Crippen LogP contribution in [0.25, 0.3) is 11.0 Å². The lowest BCUT2D eigenvalue weighted by Crippen LogP contribution is -2.33. The summed E-state index contributed by atoms with van der Waals surface area (Å²) in [6.45, 7) is 3.85. The van der Waals surface area contributed by atoms with Crippen LogP contribution in [-0.2, 0) is 17.6 Å². The molecule has 0 radical (unpaired) electrons. The van der Waals surface area contributed by atoms with E-state index >= 15 is 0 Å². The van der Waals surface area contributed by atoms with Crippen molar-refractivity contribution < 1.29 is 14.3 Å². The number of aryl methyl sites for hydroxylation is 2. The van der Waals surface area contributed by atoms with Crippen LogP contribution < -0.4 is 0 Å². The minimum absolute atomic E-state index is 0.441. The topological polar surface area (TPSA) is 50.4 Å². The number of furan rings is 1. The molecular weight excluding hydrogens is 324 g/mol. The predicted molar refractivity (Wildman–Crippen MR) is 101 cm³/mol. The van der Waals surface area contributed by atoms with Gasteiger partial charge in [0.1, 0.15) is 11.3 Å². The Hall–Kier alpha value is -2.99. The van der Waals surface area contributed by atoms with E-state index in [1.165, 1.54) is 5.56 Å². The second-order valence-corrected chi connectivity index (χ2v) is 7.37. The highest BCUT2D eigenvalue weighted by molar-refractivity contribution is 5.85. The lowest BCUT2D eigenvalue weighted by molar-refractivity contribution is -0.148. The number of hydrogen-bond donors (Lipinski definition) is 1. The van der Waals surface area contributed by atoms with Crippen molar-refractivity contribution in [2.24, 2.45) is 5.41 Å². The number of carbonyl (C=O) groups is 1. The lowest BCUT2D eigenvalue weighted by atomic mass is 9.75. The summed E-state index contributed by atoms with van der Waals surface area (Å²) in [5.74, 6) is 6.46. The molecule has 3 heteroatoms. The number of rotatable bonds is 1. The van der Waals surface area contributed by atoms with Gasteiger partial charge >= 0.3 is 5.97 Å². The molecule has 130 valence electrons. The molecule has 1 aliphatic rings. The molecule has 3 aromatic rings. The molecule has 1 aromatic heterocycles. The Morgan fingerprint density at radius 1 is 1.12 bits per heavy atom. The lowest BCUT2D eigenvalue weighted by Gasteiger charge is -2.28. The Morgan fingerprint density at radius 2 is 1.81 bits per heavy atom. The average Bonchev–Trinajstić information content (AvgIpc) is 2.97. The van der Waals surface area contributed by atoms with Gasteiger partial charge in [-0.2, -0.15) is 0 Å². The largest absolute Gasteiger partial charge is 0.481 e. The van der Waals surface area contributed by atoms with Crippen molar-refractivity contribution in [1.29, 1.82) is 0 Å². The molecule has 0 spiro atoms. The molecule has 0 fully saturated rings. The summed E-state index contributed by atoms with van der Waals surface area (Å²) >= 11 is 0. The first-order valence-electron chi connectivity index (χ1n) is 8.81. The second kappa shape index (κ2) is 6.07. The number of benzene rings is 2. The maximum absolute atomic E-state index is 11.5. The molecule has 3 nitrogen and oxygen atoms in total. The van der Waals surface area contributed by atoms with Gasteiger partial charge in [0.2, 0.25) is 0 Å². The van der Waals surface area contributed by atoms with Gasteiger partial charge in [0.25, 0.3) is 0 Å². The molecule has 0 saturated carbocycles. The number of aliphatic carboxylic acids is 1. The number of hydrogen-bond acceptors (Lipinski definition) is 2. The monoisotopic (exact) mass is 344 g/mol. The molecular formula is C23H20O3. The first-order valence-corrected chi connectivity index (χ1v) is 8.81. The third-order valence-corrected chi connectivity index (χ3v) is 5.27. The van der Waals surface area contributed by atoms with Crippen LogP contribution in [0.3, 0.4) is 0 Å². The highest BCUT2D eigenvalue weighted by Gasteiger charge is 2.39. The van der Waals surface area contributed by atoms with E-state index in [-0.39, 0.29) is 0 Å². The van der Waals surface area contributed by atoms with Crippen molar-refractivity contribution in [2.45, 2.75) is 33.1 Å². The summed E-state index contributed by atoms with van der Waals surface area (Å²) in [5.41, 5.74) is 4.35. The van der Waals surface area contributed by atoms with E-state index in [0.29, 0.717) is 12.8 Å². The minimum Gasteiger partial charge on any atom is -0.481 e. The maximum Gasteiger partial charge on any atom is 0.309 e. The molecule has 2 aromatic carbocycles. The standard InChI is InChI=1S/C23H20O3/c1-15-3-5-16(6-4-15)7-8-17-9-10-20-19(13-17)18-11-12-23(2,22(24)25)14-21(18)26-20/h3-6,9-10,13H,11-12,14H2,1-2H3,(H,24,25). The van der Waals surface area contributed by atoms with E-state index in [4.69, 9.17) is 4.42 Å². The van der Waals surface area contributed by atoms with E-state index < -0.39 is 11.4 Å². The highest BCUT2D eigenvalue weighted by atomic mass is 16.4. The van der Waals surface area contributed by atoms with E-state index in [9.17, 15) is 9.90 Å². The van der Waals surface area contributed by atoms with Gasteiger partial charge in [-0.15, -0.1) is 0 Å². The predicted octanol–water partition coefficient (Wildman–Crippen LogP) is 4.72. The SMILES string of the molecule is Cc1ccc(C#Cc2ccc3oc4c(c3c2)CCC(C)(C(=O)O)C4)cc1. The third-order valence-electron chi connectivity index (χ3n) is 5.27. The van der Waals surface area contributed by atoms with Gasteiger partial charge in [-0.3, -0.25) is 4.79 Å². The van der Waals surface area contributed by atoms with Crippen molar-refractivity contribution in [1.82, 2.24) is 0 Å². The van der Waals surface area contributed by atoms with Gasteiger partial charge in [-0.25, -0.2) is 0 Å². The molecule has 1 aliphatic carbocycles. The second-order valence-electron chi connectivity index (χ2n) is 7.37. The van der Waals surface area contributed by atoms with E-state index in [0.717, 1.165) is 39.8 Å². The Kier molecular flexibility index (Phi) is 3.85. The zero-order valence-corrected chi connectivity index (χ0v) is 14.9. The molecule has 4 rings (SSSR count). The first-order chi connectivity index (χ1) is 12.4. The summed E-state index contributed by atoms with van der Waals surface area (Å²) in [6.07, 6.45) is 1.79. The van der Waals surface area contributed by atoms with Crippen molar-refractivity contribution in [3.63, 3.8) is 0 Å². The van der Waals surface area contributed by atoms with Crippen molar-refractivity contribution in [3.8, 4) is 11.8 Å². The summed E-state index contributed by atoms with van der Waals surface area (Å²) in [6, 6.07) is 14.1. The Balaban J connectivity index is 1.69. The number of carboxylic acid groups (broad SMARTS) is 1. The summed E-state index contributed by atoms with van der Waals surface area (Å²) < 4.78 is 5.96. The third kappa shape index (κ3) is 2.88. The van der Waals surface area contributed by atoms with Crippen LogP contribution in [0.1, 0.15) is 41.4 Å². The zero-order valence-electron chi connectivity index (χ0n) is 14.9. The fourth-order valence-electron chi connectivity index (χ4n) is 3.50. The molecule has 26 heavy (non-hydrogen) atoms. The van der Waals surface area contributed by atoms with Crippen LogP contribution in [0, 0.1) is 24.2 Å². The molecule has 0 bridgehead atoms. The van der Waals surface area contributed by atoms with Crippen molar-refractivity contribution in [3.05, 3.63) is 70.5 Å². The number of fused-ring (bicyclic) bond motifs is 3. The van der Waals surface area contributed by atoms with Gasteiger partial charge in [-0.05, 0) is 57.0 Å². The fourth-order valence-corrected chi connectivity index (χ4v) is 3.50. The van der Waals surface area contributed by atoms with E-state index in [1.807, 2.05) is 24.3 Å². The molecule has 0 aliphatic heterocycles. The zero-order chi connectivity index (χ0) is 18.3. The molecule has 1 atom stereocenters. The van der Waals surface area contributed by atoms with Gasteiger partial charge in [-0.1, -0.05) is 29.5 Å². The fraction of sp³-hybridized carbons (Fsp3) is 0.261. The minimum atomic E-state index is -0.756. The molecule has 0 saturated heterocycles. The van der Waals surface area contributed by atoms with Crippen LogP contribution in [-0.4, -0.2) is 11.1 Å². The van der Waals surface area contributed by atoms with Crippen molar-refractivity contribution in [2.75, 3.05) is 0 Å². The Morgan fingerprint density at radius 3 is 2.54 bits per heavy atom. The van der Waals surface area contributed by atoms with Gasteiger partial charge in [0, 0.05) is 28.5 Å². The molecule has 1 unspecified atom stereocenters. The molecule has 1 heterocycles. The highest BCUT2D eigenvalue weighted by Crippen LogP contribution is 2.40. The quantitative estimate of drug-likeness (QED) is 0.650. The average molecular weight is 344 g/mol. The van der Waals surface area contributed by atoms with Crippen LogP contribution >= 0.6 is 0 Å². The summed E-state index contributed by atoms with van der Waals surface area (Å²) in [7, 11) is 0. The van der Waals surface area contributed by atoms with E-state index in [2.05, 4.69) is 37.0 Å².